The molecule has 0 aliphatic carbocycles. The Morgan fingerprint density at radius 3 is 0.494 bits per heavy atom. The third-order valence-corrected chi connectivity index (χ3v) is 16.2. The van der Waals surface area contributed by atoms with E-state index in [1.54, 1.807) is 0 Å². The SMILES string of the molecule is O=C=NCCCCCCN=C=O.OC[C@H]1O[C@@H]2O[C@H]3[C@H](O)[C@@H](O)[C@@H](O[C@H]4[C@H](O)[C@@H](O)[C@@H](O[C@H]5[C@H](O)[C@@H](O)[C@@H](O[C@H]6[C@H](O)[C@@H](O)[C@@H](O[C@H]7[C@H](O)[C@@H](O)[C@@H](O[C@H]8[C@H](O)[C@@H](O)[C@@H](O[C@H]1[C@H](O)[C@H]2O)O[C@@H]8CO)O[C@@H]7CO)O[C@@H]6CO)O[C@@H]5CO)O[C@@H]4CO)O[C@@H]3CO. The zero-order valence-electron chi connectivity index (χ0n) is 47.2. The van der Waals surface area contributed by atoms with Gasteiger partial charge in [-0.1, -0.05) is 12.8 Å². The molecule has 89 heavy (non-hydrogen) atoms. The van der Waals surface area contributed by atoms with Crippen molar-refractivity contribution in [2.75, 3.05) is 59.3 Å². The molecule has 14 bridgehead atoms. The number of aliphatic hydroxyl groups is 21. The summed E-state index contributed by atoms with van der Waals surface area (Å²) >= 11 is 0. The van der Waals surface area contributed by atoms with E-state index in [0.717, 1.165) is 25.7 Å². The smallest absolute Gasteiger partial charge is 0.234 e. The van der Waals surface area contributed by atoms with Gasteiger partial charge >= 0.3 is 0 Å². The van der Waals surface area contributed by atoms with Gasteiger partial charge in [-0.25, -0.2) is 19.6 Å². The minimum atomic E-state index is -2.21. The monoisotopic (exact) mass is 1300 g/mol. The fourth-order valence-electron chi connectivity index (χ4n) is 11.2. The molecule has 39 heteroatoms. The lowest BCUT2D eigenvalue weighted by Crippen LogP contribution is -2.68. The highest BCUT2D eigenvalue weighted by atomic mass is 16.8. The predicted molar refractivity (Wildman–Crippen MR) is 273 cm³/mol. The first-order valence-corrected chi connectivity index (χ1v) is 28.6. The van der Waals surface area contributed by atoms with E-state index >= 15 is 0 Å². The van der Waals surface area contributed by atoms with Gasteiger partial charge in [0.1, 0.15) is 171 Å². The Hall–Kier alpha value is -2.64. The second kappa shape index (κ2) is 34.2. The van der Waals surface area contributed by atoms with Crippen LogP contribution in [0.5, 0.6) is 0 Å². The third-order valence-electron chi connectivity index (χ3n) is 16.2. The average Bonchev–Trinajstić information content (AvgIpc) is 1.02. The van der Waals surface area contributed by atoms with Crippen molar-refractivity contribution in [1.29, 1.82) is 0 Å². The predicted octanol–water partition coefficient (Wildman–Crippen LogP) is -14.0. The van der Waals surface area contributed by atoms with E-state index in [9.17, 15) is 117 Å². The summed E-state index contributed by atoms with van der Waals surface area (Å²) < 4.78 is 79.5. The second-order valence-electron chi connectivity index (χ2n) is 22.0. The first-order valence-electron chi connectivity index (χ1n) is 28.6. The van der Waals surface area contributed by atoms with Crippen LogP contribution >= 0.6 is 0 Å². The van der Waals surface area contributed by atoms with Gasteiger partial charge in [0, 0.05) is 0 Å². The number of aliphatic hydroxyl groups excluding tert-OH is 21. The van der Waals surface area contributed by atoms with Crippen molar-refractivity contribution < 1.29 is 183 Å². The Morgan fingerprint density at radius 2 is 0.371 bits per heavy atom. The van der Waals surface area contributed by atoms with Gasteiger partial charge in [-0.15, -0.1) is 0 Å². The van der Waals surface area contributed by atoms with Gasteiger partial charge in [0.05, 0.1) is 59.3 Å². The molecule has 0 amide bonds. The van der Waals surface area contributed by atoms with Gasteiger partial charge in [-0.2, -0.15) is 0 Å². The second-order valence-corrected chi connectivity index (χ2v) is 22.0. The third kappa shape index (κ3) is 16.7. The lowest BCUT2D eigenvalue weighted by atomic mass is 9.95. The summed E-state index contributed by atoms with van der Waals surface area (Å²) in [6.07, 6.45) is -63.4. The maximum atomic E-state index is 11.3. The molecule has 21 rings (SSSR count). The van der Waals surface area contributed by atoms with Crippen LogP contribution in [0.4, 0.5) is 0 Å². The zero-order valence-corrected chi connectivity index (χ0v) is 47.2. The molecule has 0 saturated carbocycles. The molecule has 39 nitrogen and oxygen atoms in total. The number of hydrogen-bond acceptors (Lipinski definition) is 39. The van der Waals surface area contributed by atoms with Crippen LogP contribution in [0, 0.1) is 0 Å². The molecule has 21 N–H and O–H groups in total. The number of unbranched alkanes of at least 4 members (excludes halogenated alkanes) is 3. The summed E-state index contributed by atoms with van der Waals surface area (Å²) in [4.78, 5) is 26.1. The quantitative estimate of drug-likeness (QED) is 0.0436. The molecule has 21 aliphatic rings. The highest BCUT2D eigenvalue weighted by Gasteiger charge is 2.59. The number of ether oxygens (including phenoxy) is 14. The maximum absolute atomic E-state index is 11.3. The Kier molecular flexibility index (Phi) is 28.3. The van der Waals surface area contributed by atoms with Gasteiger partial charge < -0.3 is 174 Å². The molecule has 0 spiro atoms. The highest BCUT2D eigenvalue weighted by Crippen LogP contribution is 2.39. The standard InChI is InChI=1S/C42H70O35.C8H12N2O2/c43-1-8-29-15(50)22(57)36(64-8)72-30-9(2-44)66-38(24(59)17(30)52)74-32-11(4-46)68-40(26(61)19(32)54)76-34-13(6-48)70-42(28(63)21(34)56)77-35-14(7-49)69-41(27(62)20(35)55)75-33-12(5-47)67-39(25(60)18(33)53)73-31-10(3-45)65-37(71-29)23(58)16(31)51;11-7-9-5-3-1-2-4-6-10-8-12/h8-63H,1-7H2;1-6H2/t8-,9-,10-,11-,12-,13-,14-,15-,16-,17-,18-,19-,20-,21-,22-,23-,24-,25-,26-,27-,28-,29-,30-,31-,32-,33-,34-,35-,36-,37-,38-,39-,40-,41-,42-;/m1./s1. The molecule has 21 heterocycles. The Labute approximate surface area is 504 Å². The molecule has 0 aromatic rings. The normalized spacial score (nSPS) is 49.0. The van der Waals surface area contributed by atoms with Gasteiger partial charge in [-0.3, -0.25) is 0 Å². The van der Waals surface area contributed by atoms with Crippen molar-refractivity contribution >= 4 is 12.2 Å². The van der Waals surface area contributed by atoms with Crippen LogP contribution in [-0.2, 0) is 75.9 Å². The highest BCUT2D eigenvalue weighted by molar-refractivity contribution is 5.33. The van der Waals surface area contributed by atoms with Gasteiger partial charge in [0.25, 0.3) is 0 Å². The van der Waals surface area contributed by atoms with E-state index in [1.807, 2.05) is 0 Å². The number of aliphatic imine (C=N–C) groups is 2. The molecular formula is C50H82N2O37. The van der Waals surface area contributed by atoms with Crippen molar-refractivity contribution in [3.8, 4) is 0 Å². The van der Waals surface area contributed by atoms with Crippen LogP contribution in [0.3, 0.4) is 0 Å². The van der Waals surface area contributed by atoms with Gasteiger partial charge in [-0.05, 0) is 12.8 Å². The van der Waals surface area contributed by atoms with Crippen LogP contribution in [0.15, 0.2) is 9.98 Å². The summed E-state index contributed by atoms with van der Waals surface area (Å²) in [5.74, 6) is 0. The minimum absolute atomic E-state index is 0.556. The molecule has 0 aromatic carbocycles. The van der Waals surface area contributed by atoms with Crippen LogP contribution in [-0.4, -0.2) is 394 Å². The average molecular weight is 1300 g/mol. The van der Waals surface area contributed by atoms with Crippen LogP contribution in [0.25, 0.3) is 0 Å². The molecule has 514 valence electrons. The number of hydrogen-bond donors (Lipinski definition) is 21. The first kappa shape index (κ1) is 73.8. The van der Waals surface area contributed by atoms with E-state index in [1.165, 1.54) is 12.2 Å². The van der Waals surface area contributed by atoms with E-state index < -0.39 is 261 Å². The maximum Gasteiger partial charge on any atom is 0.234 e. The van der Waals surface area contributed by atoms with Gasteiger partial charge in [0.15, 0.2) is 44.0 Å². The lowest BCUT2D eigenvalue weighted by Gasteiger charge is -2.50. The van der Waals surface area contributed by atoms with Crippen molar-refractivity contribution in [2.24, 2.45) is 9.98 Å². The fourth-order valence-corrected chi connectivity index (χ4v) is 11.2. The molecule has 21 fully saturated rings. The van der Waals surface area contributed by atoms with E-state index in [4.69, 9.17) is 66.3 Å². The molecule has 0 unspecified atom stereocenters. The Bertz CT molecular complexity index is 1820. The first-order chi connectivity index (χ1) is 42.6. The lowest BCUT2D eigenvalue weighted by molar-refractivity contribution is -0.396. The van der Waals surface area contributed by atoms with Crippen LogP contribution in [0.2, 0.25) is 0 Å². The number of isocyanates is 2. The Balaban J connectivity index is 0.000000848. The van der Waals surface area contributed by atoms with Crippen molar-refractivity contribution in [1.82, 2.24) is 0 Å². The summed E-state index contributed by atoms with van der Waals surface area (Å²) in [5, 5.41) is 230. The summed E-state index contributed by atoms with van der Waals surface area (Å²) in [6, 6.07) is 0. The molecule has 0 radical (unpaired) electrons. The van der Waals surface area contributed by atoms with Crippen molar-refractivity contribution in [3.05, 3.63) is 0 Å². The van der Waals surface area contributed by atoms with E-state index in [2.05, 4.69) is 9.98 Å². The summed E-state index contributed by atoms with van der Waals surface area (Å²) in [6.45, 7) is -6.22. The Morgan fingerprint density at radius 1 is 0.225 bits per heavy atom. The summed E-state index contributed by atoms with van der Waals surface area (Å²) in [5.41, 5.74) is 0. The molecular weight excluding hydrogens is 1220 g/mol. The molecule has 0 aromatic heterocycles. The largest absolute Gasteiger partial charge is 0.394 e. The number of nitrogens with zero attached hydrogens (tertiary/aromatic N) is 2. The summed E-state index contributed by atoms with van der Waals surface area (Å²) in [7, 11) is 0. The zero-order chi connectivity index (χ0) is 65.1. The topological polar surface area (TPSA) is 613 Å². The van der Waals surface area contributed by atoms with Crippen molar-refractivity contribution in [3.63, 3.8) is 0 Å². The van der Waals surface area contributed by atoms with E-state index in [0.29, 0.717) is 13.1 Å². The molecule has 21 aliphatic heterocycles. The van der Waals surface area contributed by atoms with Crippen LogP contribution in [0.1, 0.15) is 25.7 Å². The van der Waals surface area contributed by atoms with Gasteiger partial charge in [0.2, 0.25) is 12.2 Å². The minimum Gasteiger partial charge on any atom is -0.394 e. The van der Waals surface area contributed by atoms with Crippen molar-refractivity contribution in [2.45, 2.75) is 241 Å². The number of rotatable bonds is 14. The molecule has 35 atom stereocenters. The van der Waals surface area contributed by atoms with Crippen LogP contribution < -0.4 is 0 Å². The fraction of sp³-hybridized carbons (Fsp3) is 0.960. The number of carbonyl (C=O) groups excluding carboxylic acids is 2. The van der Waals surface area contributed by atoms with E-state index in [-0.39, 0.29) is 0 Å². The molecule has 21 saturated heterocycles.